The molecule has 0 aromatic carbocycles. The first-order valence-electron chi connectivity index (χ1n) is 6.41. The smallest absolute Gasteiger partial charge is 0.221 e. The van der Waals surface area contributed by atoms with Gasteiger partial charge in [-0.2, -0.15) is 0 Å². The van der Waals surface area contributed by atoms with Gasteiger partial charge in [0.05, 0.1) is 5.56 Å². The van der Waals surface area contributed by atoms with E-state index in [-0.39, 0.29) is 6.10 Å². The fourth-order valence-electron chi connectivity index (χ4n) is 1.72. The van der Waals surface area contributed by atoms with Gasteiger partial charge in [0, 0.05) is 13.1 Å². The van der Waals surface area contributed by atoms with Crippen LogP contribution in [0, 0.1) is 6.92 Å². The maximum atomic E-state index is 5.84. The summed E-state index contributed by atoms with van der Waals surface area (Å²) in [6.07, 6.45) is 2.71. The van der Waals surface area contributed by atoms with Gasteiger partial charge in [-0.05, 0) is 34.4 Å². The van der Waals surface area contributed by atoms with E-state index < -0.39 is 0 Å². The predicted octanol–water partition coefficient (Wildman–Crippen LogP) is 1.94. The quantitative estimate of drug-likeness (QED) is 0.803. The van der Waals surface area contributed by atoms with Gasteiger partial charge in [0.2, 0.25) is 5.88 Å². The third kappa shape index (κ3) is 4.49. The van der Waals surface area contributed by atoms with E-state index in [1.165, 1.54) is 0 Å². The molecule has 1 rings (SSSR count). The summed E-state index contributed by atoms with van der Waals surface area (Å²) in [5.74, 6) is 1.52. The van der Waals surface area contributed by atoms with Crippen molar-refractivity contribution in [1.82, 2.24) is 14.9 Å². The molecule has 102 valence electrons. The molecule has 1 aromatic heterocycles. The molecule has 1 heterocycles. The van der Waals surface area contributed by atoms with Gasteiger partial charge in [0.1, 0.15) is 18.2 Å². The van der Waals surface area contributed by atoms with Crippen molar-refractivity contribution in [3.05, 3.63) is 11.9 Å². The minimum Gasteiger partial charge on any atom is -0.473 e. The Kier molecular flexibility index (Phi) is 5.85. The Morgan fingerprint density at radius 2 is 2.11 bits per heavy atom. The molecular formula is C13H24N4O. The number of ether oxygens (including phenoxy) is 1. The predicted molar refractivity (Wildman–Crippen MR) is 74.2 cm³/mol. The summed E-state index contributed by atoms with van der Waals surface area (Å²) in [5, 5.41) is 3.28. The highest BCUT2D eigenvalue weighted by molar-refractivity contribution is 5.47. The number of hydrogen-bond acceptors (Lipinski definition) is 5. The van der Waals surface area contributed by atoms with Gasteiger partial charge in [0.25, 0.3) is 0 Å². The Morgan fingerprint density at radius 3 is 2.72 bits per heavy atom. The van der Waals surface area contributed by atoms with Gasteiger partial charge in [0.15, 0.2) is 0 Å². The summed E-state index contributed by atoms with van der Waals surface area (Å²) < 4.78 is 5.84. The zero-order chi connectivity index (χ0) is 13.5. The Balaban J connectivity index is 2.70. The normalized spacial score (nSPS) is 12.6. The summed E-state index contributed by atoms with van der Waals surface area (Å²) in [4.78, 5) is 10.5. The fraction of sp³-hybridized carbons (Fsp3) is 0.692. The van der Waals surface area contributed by atoms with E-state index in [1.807, 2.05) is 27.9 Å². The van der Waals surface area contributed by atoms with E-state index in [0.717, 1.165) is 30.9 Å². The van der Waals surface area contributed by atoms with Crippen molar-refractivity contribution in [3.63, 3.8) is 0 Å². The Hall–Kier alpha value is -1.36. The van der Waals surface area contributed by atoms with Crippen molar-refractivity contribution >= 4 is 5.82 Å². The second-order valence-electron chi connectivity index (χ2n) is 4.77. The second-order valence-corrected chi connectivity index (χ2v) is 4.77. The molecule has 5 nitrogen and oxygen atoms in total. The molecule has 5 heteroatoms. The van der Waals surface area contributed by atoms with Crippen LogP contribution in [0.3, 0.4) is 0 Å². The maximum Gasteiger partial charge on any atom is 0.221 e. The van der Waals surface area contributed by atoms with Crippen LogP contribution in [-0.2, 0) is 0 Å². The van der Waals surface area contributed by atoms with Gasteiger partial charge in [-0.3, -0.25) is 0 Å². The Labute approximate surface area is 110 Å². The number of hydrogen-bond donors (Lipinski definition) is 1. The lowest BCUT2D eigenvalue weighted by molar-refractivity contribution is 0.169. The lowest BCUT2D eigenvalue weighted by Crippen LogP contribution is -2.28. The summed E-state index contributed by atoms with van der Waals surface area (Å²) in [6, 6.07) is 0. The van der Waals surface area contributed by atoms with E-state index in [0.29, 0.717) is 5.88 Å². The average Bonchev–Trinajstić information content (AvgIpc) is 2.29. The van der Waals surface area contributed by atoms with Gasteiger partial charge in [-0.15, -0.1) is 0 Å². The van der Waals surface area contributed by atoms with Crippen molar-refractivity contribution in [2.45, 2.75) is 33.3 Å². The first kappa shape index (κ1) is 14.7. The van der Waals surface area contributed by atoms with Crippen LogP contribution in [0.2, 0.25) is 0 Å². The van der Waals surface area contributed by atoms with E-state index in [2.05, 4.69) is 27.1 Å². The summed E-state index contributed by atoms with van der Waals surface area (Å²) in [5.41, 5.74) is 0.969. The fourth-order valence-corrected chi connectivity index (χ4v) is 1.72. The van der Waals surface area contributed by atoms with Crippen LogP contribution in [0.1, 0.15) is 25.8 Å². The second kappa shape index (κ2) is 7.16. The molecule has 0 bridgehead atoms. The highest BCUT2D eigenvalue weighted by Crippen LogP contribution is 2.21. The molecule has 0 aliphatic carbocycles. The molecule has 0 saturated heterocycles. The van der Waals surface area contributed by atoms with Crippen LogP contribution in [0.15, 0.2) is 6.33 Å². The number of nitrogens with one attached hydrogen (secondary N) is 1. The van der Waals surface area contributed by atoms with Crippen molar-refractivity contribution in [2.24, 2.45) is 0 Å². The Morgan fingerprint density at radius 1 is 1.39 bits per heavy atom. The maximum absolute atomic E-state index is 5.84. The molecule has 1 N–H and O–H groups in total. The van der Waals surface area contributed by atoms with Crippen LogP contribution < -0.4 is 10.1 Å². The van der Waals surface area contributed by atoms with Crippen molar-refractivity contribution in [2.75, 3.05) is 32.5 Å². The van der Waals surface area contributed by atoms with Crippen molar-refractivity contribution in [3.8, 4) is 5.88 Å². The molecular weight excluding hydrogens is 228 g/mol. The average molecular weight is 252 g/mol. The molecule has 0 aliphatic rings. The van der Waals surface area contributed by atoms with E-state index in [1.54, 1.807) is 6.33 Å². The first-order chi connectivity index (χ1) is 8.54. The van der Waals surface area contributed by atoms with Crippen LogP contribution >= 0.6 is 0 Å². The van der Waals surface area contributed by atoms with Gasteiger partial charge in [-0.25, -0.2) is 9.97 Å². The number of nitrogens with zero attached hydrogens (tertiary/aromatic N) is 3. The molecule has 1 atom stereocenters. The summed E-state index contributed by atoms with van der Waals surface area (Å²) in [6.45, 7) is 7.92. The van der Waals surface area contributed by atoms with Crippen LogP contribution in [-0.4, -0.2) is 48.2 Å². The van der Waals surface area contributed by atoms with Crippen molar-refractivity contribution in [1.29, 1.82) is 0 Å². The molecule has 1 aromatic rings. The monoisotopic (exact) mass is 252 g/mol. The summed E-state index contributed by atoms with van der Waals surface area (Å²) >= 11 is 0. The molecule has 0 spiro atoms. The highest BCUT2D eigenvalue weighted by atomic mass is 16.5. The number of anilines is 1. The van der Waals surface area contributed by atoms with E-state index in [4.69, 9.17) is 4.74 Å². The largest absolute Gasteiger partial charge is 0.473 e. The number of rotatable bonds is 7. The standard InChI is InChI=1S/C13H24N4O/c1-6-7-14-12-11(3)13(16-9-15-12)18-10(2)8-17(4)5/h9-10H,6-8H2,1-5H3,(H,14,15,16). The molecule has 0 fully saturated rings. The van der Waals surface area contributed by atoms with Gasteiger partial charge < -0.3 is 15.0 Å². The third-order valence-electron chi connectivity index (χ3n) is 2.52. The van der Waals surface area contributed by atoms with E-state index >= 15 is 0 Å². The molecule has 0 aliphatic heterocycles. The van der Waals surface area contributed by atoms with E-state index in [9.17, 15) is 0 Å². The van der Waals surface area contributed by atoms with Crippen LogP contribution in [0.4, 0.5) is 5.82 Å². The van der Waals surface area contributed by atoms with Crippen molar-refractivity contribution < 1.29 is 4.74 Å². The highest BCUT2D eigenvalue weighted by Gasteiger charge is 2.11. The first-order valence-corrected chi connectivity index (χ1v) is 6.41. The Bertz CT molecular complexity index is 368. The molecule has 18 heavy (non-hydrogen) atoms. The van der Waals surface area contributed by atoms with Gasteiger partial charge in [-0.1, -0.05) is 6.92 Å². The summed E-state index contributed by atoms with van der Waals surface area (Å²) in [7, 11) is 4.06. The number of likely N-dealkylation sites (N-methyl/N-ethyl adjacent to an activating group) is 1. The third-order valence-corrected chi connectivity index (χ3v) is 2.52. The molecule has 0 radical (unpaired) electrons. The lowest BCUT2D eigenvalue weighted by atomic mass is 10.3. The zero-order valence-electron chi connectivity index (χ0n) is 12.0. The minimum absolute atomic E-state index is 0.104. The number of aromatic nitrogens is 2. The van der Waals surface area contributed by atoms with Crippen LogP contribution in [0.5, 0.6) is 5.88 Å². The topological polar surface area (TPSA) is 50.3 Å². The SMILES string of the molecule is CCCNc1ncnc(OC(C)CN(C)C)c1C. The molecule has 0 amide bonds. The molecule has 0 saturated carbocycles. The van der Waals surface area contributed by atoms with Gasteiger partial charge >= 0.3 is 0 Å². The van der Waals surface area contributed by atoms with Crippen LogP contribution in [0.25, 0.3) is 0 Å². The molecule has 1 unspecified atom stereocenters. The zero-order valence-corrected chi connectivity index (χ0v) is 12.0. The lowest BCUT2D eigenvalue weighted by Gasteiger charge is -2.19. The minimum atomic E-state index is 0.104.